The number of nitrogens with zero attached hydrogens (tertiary/aromatic N) is 1. The molecule has 1 N–H and O–H groups in total. The van der Waals surface area contributed by atoms with Crippen LogP contribution < -0.4 is 10.2 Å². The average molecular weight is 351 g/mol. The van der Waals surface area contributed by atoms with Crippen LogP contribution in [0.1, 0.15) is 18.9 Å². The third-order valence-electron chi connectivity index (χ3n) is 3.52. The Balaban J connectivity index is 1.93. The Morgan fingerprint density at radius 2 is 1.91 bits per heavy atom. The van der Waals surface area contributed by atoms with Gasteiger partial charge in [0.15, 0.2) is 0 Å². The molecule has 122 valence electrons. The van der Waals surface area contributed by atoms with E-state index in [1.165, 1.54) is 0 Å². The topological polar surface area (TPSA) is 32.3 Å². The highest BCUT2D eigenvalue weighted by atomic mass is 35.5. The third kappa shape index (κ3) is 4.88. The molecule has 0 saturated carbocycles. The number of halogens is 2. The van der Waals surface area contributed by atoms with Crippen LogP contribution in [0.5, 0.6) is 0 Å². The summed E-state index contributed by atoms with van der Waals surface area (Å²) in [5.74, 6) is 0.0886. The maximum absolute atomic E-state index is 12.4. The molecule has 0 aliphatic carbocycles. The second-order valence-electron chi connectivity index (χ2n) is 5.28. The highest BCUT2D eigenvalue weighted by Gasteiger charge is 2.13. The number of hydrogen-bond acceptors (Lipinski definition) is 2. The van der Waals surface area contributed by atoms with Crippen LogP contribution in [0.2, 0.25) is 10.0 Å². The van der Waals surface area contributed by atoms with Gasteiger partial charge < -0.3 is 10.2 Å². The number of carbonyl (C=O) groups excluding carboxylic acids is 1. The van der Waals surface area contributed by atoms with Crippen LogP contribution in [-0.4, -0.2) is 19.0 Å². The smallest absolute Gasteiger partial charge is 0.228 e. The molecule has 1 amide bonds. The molecule has 23 heavy (non-hydrogen) atoms. The second-order valence-corrected chi connectivity index (χ2v) is 6.10. The molecule has 0 aromatic heterocycles. The predicted molar refractivity (Wildman–Crippen MR) is 98.8 cm³/mol. The Morgan fingerprint density at radius 1 is 1.13 bits per heavy atom. The molecule has 0 radical (unpaired) electrons. The molecule has 2 aromatic carbocycles. The van der Waals surface area contributed by atoms with Crippen LogP contribution in [0, 0.1) is 6.92 Å². The Morgan fingerprint density at radius 3 is 2.57 bits per heavy atom. The standard InChI is InChI=1S/C18H20Cl2N2O/c1-3-22(15-6-4-5-13(2)11-15)18(23)9-10-21-14-7-8-16(19)17(20)12-14/h4-8,11-12,21H,3,9-10H2,1-2H3. The summed E-state index contributed by atoms with van der Waals surface area (Å²) in [6.45, 7) is 5.19. The monoisotopic (exact) mass is 350 g/mol. The quantitative estimate of drug-likeness (QED) is 0.780. The van der Waals surface area contributed by atoms with E-state index in [1.807, 2.05) is 44.2 Å². The molecule has 0 aliphatic rings. The van der Waals surface area contributed by atoms with Crippen molar-refractivity contribution in [2.75, 3.05) is 23.3 Å². The number of nitrogens with one attached hydrogen (secondary N) is 1. The molecular formula is C18H20Cl2N2O. The van der Waals surface area contributed by atoms with Crippen LogP contribution >= 0.6 is 23.2 Å². The van der Waals surface area contributed by atoms with Crippen LogP contribution in [0.3, 0.4) is 0 Å². The lowest BCUT2D eigenvalue weighted by atomic mass is 10.2. The maximum atomic E-state index is 12.4. The van der Waals surface area contributed by atoms with E-state index in [4.69, 9.17) is 23.2 Å². The van der Waals surface area contributed by atoms with Crippen molar-refractivity contribution in [2.45, 2.75) is 20.3 Å². The van der Waals surface area contributed by atoms with Gasteiger partial charge >= 0.3 is 0 Å². The van der Waals surface area contributed by atoms with Crippen molar-refractivity contribution in [3.8, 4) is 0 Å². The lowest BCUT2D eigenvalue weighted by Crippen LogP contribution is -2.31. The number of aryl methyl sites for hydroxylation is 1. The molecule has 0 spiro atoms. The molecule has 0 saturated heterocycles. The molecule has 0 aliphatic heterocycles. The van der Waals surface area contributed by atoms with Gasteiger partial charge in [-0.25, -0.2) is 0 Å². The Labute approximate surface area is 147 Å². The van der Waals surface area contributed by atoms with Crippen LogP contribution in [0.25, 0.3) is 0 Å². The second kappa shape index (κ2) is 8.23. The largest absolute Gasteiger partial charge is 0.384 e. The molecule has 5 heteroatoms. The van der Waals surface area contributed by atoms with E-state index in [2.05, 4.69) is 5.32 Å². The molecule has 0 fully saturated rings. The minimum absolute atomic E-state index is 0.0886. The number of amides is 1. The van der Waals surface area contributed by atoms with Gasteiger partial charge in [-0.2, -0.15) is 0 Å². The number of anilines is 2. The van der Waals surface area contributed by atoms with Gasteiger partial charge in [0.05, 0.1) is 10.0 Å². The third-order valence-corrected chi connectivity index (χ3v) is 4.26. The maximum Gasteiger partial charge on any atom is 0.228 e. The SMILES string of the molecule is CCN(C(=O)CCNc1ccc(Cl)c(Cl)c1)c1cccc(C)c1. The first-order valence-electron chi connectivity index (χ1n) is 7.57. The fraction of sp³-hybridized carbons (Fsp3) is 0.278. The zero-order valence-corrected chi connectivity index (χ0v) is 14.8. The first kappa shape index (κ1) is 17.6. The van der Waals surface area contributed by atoms with E-state index >= 15 is 0 Å². The summed E-state index contributed by atoms with van der Waals surface area (Å²) >= 11 is 11.9. The summed E-state index contributed by atoms with van der Waals surface area (Å²) in [5.41, 5.74) is 2.93. The van der Waals surface area contributed by atoms with E-state index in [9.17, 15) is 4.79 Å². The normalized spacial score (nSPS) is 10.4. The fourth-order valence-electron chi connectivity index (χ4n) is 2.35. The molecular weight excluding hydrogens is 331 g/mol. The van der Waals surface area contributed by atoms with Crippen molar-refractivity contribution in [2.24, 2.45) is 0 Å². The number of hydrogen-bond donors (Lipinski definition) is 1. The van der Waals surface area contributed by atoms with Gasteiger partial charge in [0.25, 0.3) is 0 Å². The first-order valence-corrected chi connectivity index (χ1v) is 8.33. The summed E-state index contributed by atoms with van der Waals surface area (Å²) < 4.78 is 0. The number of rotatable bonds is 6. The highest BCUT2D eigenvalue weighted by Crippen LogP contribution is 2.25. The number of benzene rings is 2. The number of carbonyl (C=O) groups is 1. The van der Waals surface area contributed by atoms with Crippen molar-refractivity contribution in [1.82, 2.24) is 0 Å². The van der Waals surface area contributed by atoms with E-state index in [1.54, 1.807) is 17.0 Å². The Bertz CT molecular complexity index is 688. The molecule has 2 rings (SSSR count). The van der Waals surface area contributed by atoms with Gasteiger partial charge in [0.2, 0.25) is 5.91 Å². The first-order chi connectivity index (χ1) is 11.0. The Kier molecular flexibility index (Phi) is 6.31. The summed E-state index contributed by atoms with van der Waals surface area (Å²) in [6, 6.07) is 13.3. The lowest BCUT2D eigenvalue weighted by molar-refractivity contribution is -0.118. The molecule has 0 unspecified atom stereocenters. The van der Waals surface area contributed by atoms with Crippen LogP contribution in [0.4, 0.5) is 11.4 Å². The van der Waals surface area contributed by atoms with Crippen molar-refractivity contribution in [1.29, 1.82) is 0 Å². The highest BCUT2D eigenvalue weighted by molar-refractivity contribution is 6.42. The zero-order chi connectivity index (χ0) is 16.8. The minimum atomic E-state index is 0.0886. The van der Waals surface area contributed by atoms with Crippen molar-refractivity contribution >= 4 is 40.5 Å². The van der Waals surface area contributed by atoms with E-state index in [0.717, 1.165) is 16.9 Å². The fourth-order valence-corrected chi connectivity index (χ4v) is 2.65. The zero-order valence-electron chi connectivity index (χ0n) is 13.3. The van der Waals surface area contributed by atoms with Crippen molar-refractivity contribution < 1.29 is 4.79 Å². The average Bonchev–Trinajstić information content (AvgIpc) is 2.52. The van der Waals surface area contributed by atoms with Gasteiger partial charge in [0, 0.05) is 30.9 Å². The summed E-state index contributed by atoms with van der Waals surface area (Å²) in [7, 11) is 0. The van der Waals surface area contributed by atoms with E-state index in [-0.39, 0.29) is 5.91 Å². The van der Waals surface area contributed by atoms with Gasteiger partial charge in [-0.05, 0) is 49.7 Å². The van der Waals surface area contributed by atoms with E-state index in [0.29, 0.717) is 29.6 Å². The van der Waals surface area contributed by atoms with Crippen LogP contribution in [0.15, 0.2) is 42.5 Å². The molecule has 0 bridgehead atoms. The summed E-state index contributed by atoms with van der Waals surface area (Å²) in [5, 5.41) is 4.21. The van der Waals surface area contributed by atoms with Gasteiger partial charge in [-0.1, -0.05) is 35.3 Å². The van der Waals surface area contributed by atoms with Crippen molar-refractivity contribution in [3.05, 3.63) is 58.1 Å². The minimum Gasteiger partial charge on any atom is -0.384 e. The van der Waals surface area contributed by atoms with Gasteiger partial charge in [0.1, 0.15) is 0 Å². The van der Waals surface area contributed by atoms with Gasteiger partial charge in [-0.3, -0.25) is 4.79 Å². The molecule has 0 heterocycles. The summed E-state index contributed by atoms with van der Waals surface area (Å²) in [4.78, 5) is 14.2. The lowest BCUT2D eigenvalue weighted by Gasteiger charge is -2.21. The molecule has 2 aromatic rings. The Hall–Kier alpha value is -1.71. The summed E-state index contributed by atoms with van der Waals surface area (Å²) in [6.07, 6.45) is 0.405. The molecule has 3 nitrogen and oxygen atoms in total. The van der Waals surface area contributed by atoms with Crippen LogP contribution in [-0.2, 0) is 4.79 Å². The van der Waals surface area contributed by atoms with Gasteiger partial charge in [-0.15, -0.1) is 0 Å². The predicted octanol–water partition coefficient (Wildman–Crippen LogP) is 5.16. The van der Waals surface area contributed by atoms with Crippen molar-refractivity contribution in [3.63, 3.8) is 0 Å². The molecule has 0 atom stereocenters. The van der Waals surface area contributed by atoms with E-state index < -0.39 is 0 Å².